The number of alkyl halides is 3. The molecule has 0 N–H and O–H groups in total. The van der Waals surface area contributed by atoms with Crippen molar-refractivity contribution in [2.75, 3.05) is 13.7 Å². The number of esters is 2. The van der Waals surface area contributed by atoms with Crippen LogP contribution >= 0.6 is 0 Å². The average molecular weight is 442 g/mol. The SMILES string of the molecule is COC(=O)c1c2c(c3ccccc3c1OC(C)=O)OCC=C2c1cccc(C(F)(F)F)c1. The monoisotopic (exact) mass is 442 g/mol. The van der Waals surface area contributed by atoms with Crippen molar-refractivity contribution in [2.45, 2.75) is 13.1 Å². The third-order valence-electron chi connectivity index (χ3n) is 5.04. The topological polar surface area (TPSA) is 61.8 Å². The number of hydrogen-bond donors (Lipinski definition) is 0. The lowest BCUT2D eigenvalue weighted by Crippen LogP contribution is -2.16. The van der Waals surface area contributed by atoms with Crippen LogP contribution in [0, 0.1) is 0 Å². The fourth-order valence-corrected chi connectivity index (χ4v) is 3.76. The average Bonchev–Trinajstić information content (AvgIpc) is 2.77. The van der Waals surface area contributed by atoms with Gasteiger partial charge in [0.1, 0.15) is 17.9 Å². The van der Waals surface area contributed by atoms with Crippen LogP contribution in [0.3, 0.4) is 0 Å². The quantitative estimate of drug-likeness (QED) is 0.402. The summed E-state index contributed by atoms with van der Waals surface area (Å²) < 4.78 is 56.2. The number of rotatable bonds is 3. The predicted octanol–water partition coefficient (Wildman–Crippen LogP) is 5.39. The van der Waals surface area contributed by atoms with Crippen molar-refractivity contribution in [3.05, 3.63) is 76.9 Å². The molecule has 3 aromatic rings. The predicted molar refractivity (Wildman–Crippen MR) is 111 cm³/mol. The fourth-order valence-electron chi connectivity index (χ4n) is 3.76. The van der Waals surface area contributed by atoms with E-state index in [1.54, 1.807) is 30.3 Å². The zero-order valence-electron chi connectivity index (χ0n) is 17.1. The minimum Gasteiger partial charge on any atom is -0.488 e. The molecule has 0 unspecified atom stereocenters. The second-order valence-corrected chi connectivity index (χ2v) is 7.05. The number of carbonyl (C=O) groups is 2. The second kappa shape index (κ2) is 8.03. The molecule has 0 saturated carbocycles. The Balaban J connectivity index is 2.08. The van der Waals surface area contributed by atoms with Crippen LogP contribution in [-0.2, 0) is 15.7 Å². The molecule has 3 aromatic carbocycles. The maximum absolute atomic E-state index is 13.3. The lowest BCUT2D eigenvalue weighted by molar-refractivity contribution is -0.137. The molecule has 1 heterocycles. The highest BCUT2D eigenvalue weighted by Crippen LogP contribution is 2.47. The van der Waals surface area contributed by atoms with E-state index < -0.39 is 23.7 Å². The van der Waals surface area contributed by atoms with Crippen molar-refractivity contribution >= 4 is 28.3 Å². The number of halogens is 3. The fraction of sp³-hybridized carbons (Fsp3) is 0.167. The maximum atomic E-state index is 13.3. The lowest BCUT2D eigenvalue weighted by Gasteiger charge is -2.25. The first-order valence-electron chi connectivity index (χ1n) is 9.58. The van der Waals surface area contributed by atoms with Gasteiger partial charge in [-0.15, -0.1) is 0 Å². The van der Waals surface area contributed by atoms with Gasteiger partial charge >= 0.3 is 18.1 Å². The first-order chi connectivity index (χ1) is 15.2. The molecule has 8 heteroatoms. The summed E-state index contributed by atoms with van der Waals surface area (Å²) in [5, 5.41) is 0.983. The van der Waals surface area contributed by atoms with E-state index in [1.807, 2.05) is 0 Å². The number of methoxy groups -OCH3 is 1. The molecule has 4 rings (SSSR count). The Hall–Kier alpha value is -3.81. The van der Waals surface area contributed by atoms with E-state index in [-0.39, 0.29) is 29.0 Å². The number of fused-ring (bicyclic) bond motifs is 3. The smallest absolute Gasteiger partial charge is 0.416 e. The molecule has 32 heavy (non-hydrogen) atoms. The Kier molecular flexibility index (Phi) is 5.38. The van der Waals surface area contributed by atoms with Crippen LogP contribution in [0.2, 0.25) is 0 Å². The maximum Gasteiger partial charge on any atom is 0.416 e. The van der Waals surface area contributed by atoms with Crippen molar-refractivity contribution in [2.24, 2.45) is 0 Å². The van der Waals surface area contributed by atoms with Gasteiger partial charge in [-0.05, 0) is 29.3 Å². The van der Waals surface area contributed by atoms with E-state index in [4.69, 9.17) is 14.2 Å². The summed E-state index contributed by atoms with van der Waals surface area (Å²) in [5.41, 5.74) is -0.141. The van der Waals surface area contributed by atoms with Crippen LogP contribution < -0.4 is 9.47 Å². The molecule has 0 amide bonds. The van der Waals surface area contributed by atoms with Crippen LogP contribution in [-0.4, -0.2) is 25.7 Å². The van der Waals surface area contributed by atoms with E-state index in [0.717, 1.165) is 12.1 Å². The van der Waals surface area contributed by atoms with E-state index in [9.17, 15) is 22.8 Å². The summed E-state index contributed by atoms with van der Waals surface area (Å²) in [6.45, 7) is 1.27. The Labute approximate surface area is 181 Å². The van der Waals surface area contributed by atoms with Crippen molar-refractivity contribution in [3.63, 3.8) is 0 Å². The first-order valence-corrected chi connectivity index (χ1v) is 9.58. The summed E-state index contributed by atoms with van der Waals surface area (Å²) in [6, 6.07) is 11.6. The molecule has 0 aromatic heterocycles. The van der Waals surface area contributed by atoms with Gasteiger partial charge in [0.2, 0.25) is 0 Å². The minimum atomic E-state index is -4.54. The molecule has 0 radical (unpaired) electrons. The first kappa shape index (κ1) is 21.4. The largest absolute Gasteiger partial charge is 0.488 e. The van der Waals surface area contributed by atoms with Gasteiger partial charge in [-0.3, -0.25) is 4.79 Å². The van der Waals surface area contributed by atoms with E-state index in [1.165, 1.54) is 26.2 Å². The van der Waals surface area contributed by atoms with E-state index in [2.05, 4.69) is 0 Å². The normalized spacial score (nSPS) is 13.1. The molecule has 0 bridgehead atoms. The Morgan fingerprint density at radius 3 is 2.41 bits per heavy atom. The molecule has 1 aliphatic rings. The second-order valence-electron chi connectivity index (χ2n) is 7.05. The third kappa shape index (κ3) is 3.68. The van der Waals surface area contributed by atoms with Gasteiger partial charge in [-0.2, -0.15) is 13.2 Å². The van der Waals surface area contributed by atoms with Crippen LogP contribution in [0.5, 0.6) is 11.5 Å². The number of benzene rings is 3. The molecule has 0 atom stereocenters. The van der Waals surface area contributed by atoms with Crippen molar-refractivity contribution in [1.82, 2.24) is 0 Å². The molecule has 5 nitrogen and oxygen atoms in total. The van der Waals surface area contributed by atoms with Crippen molar-refractivity contribution in [1.29, 1.82) is 0 Å². The summed E-state index contributed by atoms with van der Waals surface area (Å²) in [5.74, 6) is -1.22. The van der Waals surface area contributed by atoms with Crippen LogP contribution in [0.1, 0.15) is 34.0 Å². The van der Waals surface area contributed by atoms with Crippen LogP contribution in [0.4, 0.5) is 13.2 Å². The molecule has 0 aliphatic carbocycles. The van der Waals surface area contributed by atoms with E-state index in [0.29, 0.717) is 22.1 Å². The third-order valence-corrected chi connectivity index (χ3v) is 5.04. The van der Waals surface area contributed by atoms with Gasteiger partial charge in [-0.1, -0.05) is 36.4 Å². The van der Waals surface area contributed by atoms with Crippen LogP contribution in [0.25, 0.3) is 16.3 Å². The summed E-state index contributed by atoms with van der Waals surface area (Å²) >= 11 is 0. The molecule has 0 saturated heterocycles. The van der Waals surface area contributed by atoms with Gasteiger partial charge < -0.3 is 14.2 Å². The molecule has 1 aliphatic heterocycles. The number of ether oxygens (including phenoxy) is 3. The zero-order chi connectivity index (χ0) is 23.0. The molecule has 0 spiro atoms. The Morgan fingerprint density at radius 2 is 1.75 bits per heavy atom. The van der Waals surface area contributed by atoms with Crippen molar-refractivity contribution < 1.29 is 37.0 Å². The summed E-state index contributed by atoms with van der Waals surface area (Å²) in [7, 11) is 1.17. The Morgan fingerprint density at radius 1 is 1.03 bits per heavy atom. The standard InChI is InChI=1S/C24H17F3O5/c1-13(28)32-22-18-9-4-3-8-17(18)21-19(20(22)23(29)30-2)16(10-11-31-21)14-6-5-7-15(12-14)24(25,26)27/h3-10,12H,11H2,1-2H3. The van der Waals surface area contributed by atoms with Gasteiger partial charge in [0, 0.05) is 23.3 Å². The highest BCUT2D eigenvalue weighted by Gasteiger charge is 2.34. The number of carbonyl (C=O) groups excluding carboxylic acids is 2. The molecular weight excluding hydrogens is 425 g/mol. The highest BCUT2D eigenvalue weighted by molar-refractivity contribution is 6.12. The zero-order valence-corrected chi connectivity index (χ0v) is 17.1. The van der Waals surface area contributed by atoms with Gasteiger partial charge in [0.25, 0.3) is 0 Å². The lowest BCUT2D eigenvalue weighted by atomic mass is 9.87. The molecular formula is C24H17F3O5. The van der Waals surface area contributed by atoms with Gasteiger partial charge in [-0.25, -0.2) is 4.79 Å². The van der Waals surface area contributed by atoms with Crippen LogP contribution in [0.15, 0.2) is 54.6 Å². The summed E-state index contributed by atoms with van der Waals surface area (Å²) in [6.07, 6.45) is -2.96. The summed E-state index contributed by atoms with van der Waals surface area (Å²) in [4.78, 5) is 24.7. The van der Waals surface area contributed by atoms with Gasteiger partial charge in [0.05, 0.1) is 12.7 Å². The highest BCUT2D eigenvalue weighted by atomic mass is 19.4. The molecule has 0 fully saturated rings. The minimum absolute atomic E-state index is 0.0397. The van der Waals surface area contributed by atoms with Crippen molar-refractivity contribution in [3.8, 4) is 11.5 Å². The number of hydrogen-bond acceptors (Lipinski definition) is 5. The van der Waals surface area contributed by atoms with E-state index >= 15 is 0 Å². The van der Waals surface area contributed by atoms with Gasteiger partial charge in [0.15, 0.2) is 5.75 Å². The Bertz CT molecular complexity index is 1270. The molecule has 164 valence electrons.